The summed E-state index contributed by atoms with van der Waals surface area (Å²) in [5, 5.41) is 8.95. The summed E-state index contributed by atoms with van der Waals surface area (Å²) in [7, 11) is 0. The molecule has 0 aliphatic carbocycles. The number of para-hydroxylation sites is 1. The molecule has 106 valence electrons. The van der Waals surface area contributed by atoms with E-state index in [2.05, 4.69) is 53.4 Å². The van der Waals surface area contributed by atoms with Crippen molar-refractivity contribution < 1.29 is 0 Å². The molecule has 0 amide bonds. The van der Waals surface area contributed by atoms with Crippen LogP contribution in [0.15, 0.2) is 54.6 Å². The smallest absolute Gasteiger partial charge is 0.0991 e. The van der Waals surface area contributed by atoms with Gasteiger partial charge >= 0.3 is 0 Å². The molecular formula is C19H20N2. The summed E-state index contributed by atoms with van der Waals surface area (Å²) >= 11 is 0. The van der Waals surface area contributed by atoms with Crippen molar-refractivity contribution in [1.82, 2.24) is 0 Å². The van der Waals surface area contributed by atoms with Gasteiger partial charge in [0.2, 0.25) is 0 Å². The lowest BCUT2D eigenvalue weighted by atomic mass is 9.99. The fourth-order valence-electron chi connectivity index (χ4n) is 3.16. The molecule has 2 aromatic rings. The maximum absolute atomic E-state index is 8.95. The van der Waals surface area contributed by atoms with Crippen LogP contribution in [0.3, 0.4) is 0 Å². The molecule has 2 heteroatoms. The van der Waals surface area contributed by atoms with Crippen LogP contribution in [-0.2, 0) is 0 Å². The average Bonchev–Trinajstić information content (AvgIpc) is 2.81. The highest BCUT2D eigenvalue weighted by molar-refractivity contribution is 5.49. The third-order valence-electron chi connectivity index (χ3n) is 4.27. The van der Waals surface area contributed by atoms with E-state index in [1.807, 2.05) is 12.1 Å². The van der Waals surface area contributed by atoms with Crippen LogP contribution in [0.1, 0.15) is 42.9 Å². The van der Waals surface area contributed by atoms with Crippen molar-refractivity contribution in [3.05, 3.63) is 65.7 Å². The number of anilines is 1. The van der Waals surface area contributed by atoms with E-state index in [1.165, 1.54) is 36.9 Å². The Hall–Kier alpha value is -2.27. The van der Waals surface area contributed by atoms with Crippen LogP contribution in [0.25, 0.3) is 0 Å². The average molecular weight is 276 g/mol. The van der Waals surface area contributed by atoms with E-state index in [1.54, 1.807) is 0 Å². The van der Waals surface area contributed by atoms with E-state index in [-0.39, 0.29) is 0 Å². The molecule has 0 N–H and O–H groups in total. The van der Waals surface area contributed by atoms with Crippen molar-refractivity contribution >= 4 is 5.69 Å². The van der Waals surface area contributed by atoms with Crippen molar-refractivity contribution in [3.8, 4) is 6.07 Å². The quantitative estimate of drug-likeness (QED) is 0.796. The van der Waals surface area contributed by atoms with Crippen molar-refractivity contribution in [3.63, 3.8) is 0 Å². The van der Waals surface area contributed by atoms with Crippen LogP contribution < -0.4 is 4.90 Å². The second-order valence-corrected chi connectivity index (χ2v) is 5.63. The van der Waals surface area contributed by atoms with Crippen molar-refractivity contribution in [1.29, 1.82) is 5.26 Å². The van der Waals surface area contributed by atoms with Gasteiger partial charge in [0.25, 0.3) is 0 Å². The Morgan fingerprint density at radius 2 is 1.67 bits per heavy atom. The number of benzene rings is 2. The van der Waals surface area contributed by atoms with Gasteiger partial charge in [-0.2, -0.15) is 5.26 Å². The standard InChI is InChI=1S/C19H20N2/c20-15-16-10-12-17(13-11-16)19-9-5-2-6-14-21(19)18-7-3-1-4-8-18/h1,3-4,7-8,10-13,19H,2,5-6,9,14H2. The van der Waals surface area contributed by atoms with Gasteiger partial charge in [-0.3, -0.25) is 0 Å². The van der Waals surface area contributed by atoms with Gasteiger partial charge < -0.3 is 4.90 Å². The second kappa shape index (κ2) is 6.45. The second-order valence-electron chi connectivity index (χ2n) is 5.63. The lowest BCUT2D eigenvalue weighted by Crippen LogP contribution is -2.28. The number of nitrogens with zero attached hydrogens (tertiary/aromatic N) is 2. The Labute approximate surface area is 126 Å². The Balaban J connectivity index is 1.93. The molecule has 1 unspecified atom stereocenters. The Morgan fingerprint density at radius 1 is 0.905 bits per heavy atom. The van der Waals surface area contributed by atoms with Gasteiger partial charge in [0.1, 0.15) is 0 Å². The molecule has 0 saturated carbocycles. The highest BCUT2D eigenvalue weighted by atomic mass is 15.2. The molecule has 2 nitrogen and oxygen atoms in total. The van der Waals surface area contributed by atoms with Crippen LogP contribution in [-0.4, -0.2) is 6.54 Å². The monoisotopic (exact) mass is 276 g/mol. The lowest BCUT2D eigenvalue weighted by molar-refractivity contribution is 0.602. The van der Waals surface area contributed by atoms with E-state index in [0.717, 1.165) is 12.1 Å². The largest absolute Gasteiger partial charge is 0.364 e. The van der Waals surface area contributed by atoms with Crippen LogP contribution in [0.4, 0.5) is 5.69 Å². The molecule has 1 aliphatic heterocycles. The molecule has 1 saturated heterocycles. The predicted molar refractivity (Wildman–Crippen MR) is 86.2 cm³/mol. The van der Waals surface area contributed by atoms with Crippen LogP contribution in [0.2, 0.25) is 0 Å². The summed E-state index contributed by atoms with van der Waals surface area (Å²) in [4.78, 5) is 2.52. The van der Waals surface area contributed by atoms with Gasteiger partial charge in [-0.05, 0) is 42.7 Å². The summed E-state index contributed by atoms with van der Waals surface area (Å²) in [6.07, 6.45) is 5.01. The first-order valence-electron chi connectivity index (χ1n) is 7.70. The van der Waals surface area contributed by atoms with Gasteiger partial charge in [-0.1, -0.05) is 43.2 Å². The normalized spacial score (nSPS) is 18.8. The third kappa shape index (κ3) is 3.08. The van der Waals surface area contributed by atoms with Gasteiger partial charge in [0.15, 0.2) is 0 Å². The summed E-state index contributed by atoms with van der Waals surface area (Å²) in [5.41, 5.74) is 3.35. The maximum Gasteiger partial charge on any atom is 0.0991 e. The molecule has 0 radical (unpaired) electrons. The van der Waals surface area contributed by atoms with Crippen molar-refractivity contribution in [2.24, 2.45) is 0 Å². The number of hydrogen-bond acceptors (Lipinski definition) is 2. The van der Waals surface area contributed by atoms with E-state index >= 15 is 0 Å². The summed E-state index contributed by atoms with van der Waals surface area (Å²) in [6, 6.07) is 21.4. The zero-order chi connectivity index (χ0) is 14.5. The molecule has 1 heterocycles. The molecule has 1 atom stereocenters. The number of hydrogen-bond donors (Lipinski definition) is 0. The van der Waals surface area contributed by atoms with Crippen LogP contribution in [0, 0.1) is 11.3 Å². The zero-order valence-electron chi connectivity index (χ0n) is 12.2. The van der Waals surface area contributed by atoms with Crippen LogP contribution >= 0.6 is 0 Å². The van der Waals surface area contributed by atoms with Crippen LogP contribution in [0.5, 0.6) is 0 Å². The van der Waals surface area contributed by atoms with E-state index in [9.17, 15) is 0 Å². The zero-order valence-corrected chi connectivity index (χ0v) is 12.2. The van der Waals surface area contributed by atoms with Crippen molar-refractivity contribution in [2.75, 3.05) is 11.4 Å². The molecule has 1 aliphatic rings. The minimum Gasteiger partial charge on any atom is -0.364 e. The topological polar surface area (TPSA) is 27.0 Å². The molecule has 0 bridgehead atoms. The third-order valence-corrected chi connectivity index (χ3v) is 4.27. The van der Waals surface area contributed by atoms with Gasteiger partial charge in [0, 0.05) is 12.2 Å². The summed E-state index contributed by atoms with van der Waals surface area (Å²) < 4.78 is 0. The molecule has 1 fully saturated rings. The first kappa shape index (κ1) is 13.7. The summed E-state index contributed by atoms with van der Waals surface area (Å²) in [5.74, 6) is 0. The number of rotatable bonds is 2. The minimum absolute atomic E-state index is 0.419. The molecule has 0 aromatic heterocycles. The molecular weight excluding hydrogens is 256 g/mol. The highest BCUT2D eigenvalue weighted by Gasteiger charge is 2.22. The van der Waals surface area contributed by atoms with E-state index in [0.29, 0.717) is 6.04 Å². The van der Waals surface area contributed by atoms with Gasteiger partial charge in [-0.25, -0.2) is 0 Å². The van der Waals surface area contributed by atoms with E-state index in [4.69, 9.17) is 5.26 Å². The number of nitriles is 1. The first-order valence-corrected chi connectivity index (χ1v) is 7.70. The Morgan fingerprint density at radius 3 is 2.38 bits per heavy atom. The van der Waals surface area contributed by atoms with Gasteiger partial charge in [0.05, 0.1) is 17.7 Å². The van der Waals surface area contributed by atoms with E-state index < -0.39 is 0 Å². The summed E-state index contributed by atoms with van der Waals surface area (Å²) in [6.45, 7) is 1.11. The van der Waals surface area contributed by atoms with Gasteiger partial charge in [-0.15, -0.1) is 0 Å². The predicted octanol–water partition coefficient (Wildman–Crippen LogP) is 4.68. The minimum atomic E-state index is 0.419. The molecule has 3 rings (SSSR count). The Bertz CT molecular complexity index is 610. The lowest BCUT2D eigenvalue weighted by Gasteiger charge is -2.32. The SMILES string of the molecule is N#Cc1ccc(C2CCCCCN2c2ccccc2)cc1. The highest BCUT2D eigenvalue weighted by Crippen LogP contribution is 2.34. The first-order chi connectivity index (χ1) is 10.4. The fraction of sp³-hybridized carbons (Fsp3) is 0.316. The maximum atomic E-state index is 8.95. The molecule has 21 heavy (non-hydrogen) atoms. The Kier molecular flexibility index (Phi) is 4.21. The fourth-order valence-corrected chi connectivity index (χ4v) is 3.16. The molecule has 0 spiro atoms. The molecule has 2 aromatic carbocycles. The van der Waals surface area contributed by atoms with Crippen molar-refractivity contribution in [2.45, 2.75) is 31.7 Å².